The number of benzene rings is 1. The van der Waals surface area contributed by atoms with Gasteiger partial charge in [-0.25, -0.2) is 4.98 Å². The lowest BCUT2D eigenvalue weighted by molar-refractivity contribution is 0.103. The lowest BCUT2D eigenvalue weighted by Crippen LogP contribution is -2.10. The zero-order valence-corrected chi connectivity index (χ0v) is 8.35. The van der Waals surface area contributed by atoms with Gasteiger partial charge in [0.1, 0.15) is 7.85 Å². The Bertz CT molecular complexity index is 542. The molecule has 0 unspecified atom stereocenters. The highest BCUT2D eigenvalue weighted by Gasteiger charge is 2.13. The maximum absolute atomic E-state index is 13.3. The predicted octanol–water partition coefficient (Wildman–Crippen LogP) is 1.25. The first-order valence-corrected chi connectivity index (χ1v) is 4.69. The van der Waals surface area contributed by atoms with Crippen molar-refractivity contribution in [2.24, 2.45) is 0 Å². The number of rotatable bonds is 2. The molecule has 2 radical (unpaired) electrons. The Balaban J connectivity index is 2.44. The molecule has 0 bridgehead atoms. The first-order chi connectivity index (χ1) is 7.68. The average Bonchev–Trinajstić information content (AvgIpc) is 2.29. The molecule has 1 aromatic carbocycles. The van der Waals surface area contributed by atoms with Gasteiger partial charge in [0.2, 0.25) is 5.95 Å². The van der Waals surface area contributed by atoms with Crippen LogP contribution in [0.4, 0.5) is 4.39 Å². The first-order valence-electron chi connectivity index (χ1n) is 4.69. The van der Waals surface area contributed by atoms with Crippen LogP contribution in [0.2, 0.25) is 0 Å². The number of carbonyl (C=O) groups excluding carboxylic acids is 1. The largest absolute Gasteiger partial charge is 0.288 e. The molecule has 4 heteroatoms. The maximum Gasteiger partial charge on any atom is 0.224 e. The normalized spacial score (nSPS) is 10.1. The molecule has 1 heterocycles. The summed E-state index contributed by atoms with van der Waals surface area (Å²) in [6.45, 7) is 0. The number of carbonyl (C=O) groups is 1. The highest BCUT2D eigenvalue weighted by molar-refractivity contribution is 6.32. The molecule has 2 rings (SSSR count). The van der Waals surface area contributed by atoms with E-state index in [0.29, 0.717) is 11.0 Å². The summed E-state index contributed by atoms with van der Waals surface area (Å²) in [6.07, 6.45) is 1.30. The minimum Gasteiger partial charge on any atom is -0.288 e. The van der Waals surface area contributed by atoms with E-state index < -0.39 is 11.7 Å². The fourth-order valence-electron chi connectivity index (χ4n) is 1.39. The second-order valence-electron chi connectivity index (χ2n) is 3.30. The number of pyridine rings is 1. The van der Waals surface area contributed by atoms with Gasteiger partial charge in [-0.15, -0.1) is 0 Å². The van der Waals surface area contributed by atoms with Crippen LogP contribution in [0.25, 0.3) is 0 Å². The summed E-state index contributed by atoms with van der Waals surface area (Å²) < 4.78 is 13.3. The monoisotopic (exact) mass is 211 g/mol. The van der Waals surface area contributed by atoms with Crippen molar-refractivity contribution in [3.05, 3.63) is 59.7 Å². The molecule has 0 amide bonds. The molecule has 0 aliphatic rings. The Morgan fingerprint density at radius 1 is 1.25 bits per heavy atom. The molecule has 0 spiro atoms. The summed E-state index contributed by atoms with van der Waals surface area (Å²) in [7, 11) is 5.55. The number of nitrogens with zero attached hydrogens (tertiary/aromatic N) is 1. The minimum atomic E-state index is -0.769. The van der Waals surface area contributed by atoms with Crippen molar-refractivity contribution in [3.63, 3.8) is 0 Å². The summed E-state index contributed by atoms with van der Waals surface area (Å²) >= 11 is 0. The molecule has 0 aliphatic heterocycles. The quantitative estimate of drug-likeness (QED) is 0.425. The van der Waals surface area contributed by atoms with Gasteiger partial charge in [0.15, 0.2) is 5.78 Å². The van der Waals surface area contributed by atoms with E-state index in [9.17, 15) is 9.18 Å². The van der Waals surface area contributed by atoms with Crippen LogP contribution in [-0.4, -0.2) is 18.6 Å². The van der Waals surface area contributed by atoms with Crippen molar-refractivity contribution in [1.29, 1.82) is 0 Å². The van der Waals surface area contributed by atoms with Gasteiger partial charge in [-0.3, -0.25) is 4.79 Å². The Kier molecular flexibility index (Phi) is 2.81. The molecule has 0 N–H and O–H groups in total. The molecule has 76 valence electrons. The molecule has 0 aliphatic carbocycles. The van der Waals surface area contributed by atoms with Gasteiger partial charge < -0.3 is 0 Å². The second-order valence-corrected chi connectivity index (χ2v) is 3.30. The second kappa shape index (κ2) is 4.27. The van der Waals surface area contributed by atoms with Crippen LogP contribution in [0.5, 0.6) is 0 Å². The SMILES string of the molecule is [B]c1cccc(C(=O)c2cccnc2F)c1. The highest BCUT2D eigenvalue weighted by atomic mass is 19.1. The van der Waals surface area contributed by atoms with Gasteiger partial charge in [-0.05, 0) is 12.1 Å². The van der Waals surface area contributed by atoms with E-state index in [1.54, 1.807) is 18.2 Å². The fourth-order valence-corrected chi connectivity index (χ4v) is 1.39. The number of hydrogen-bond donors (Lipinski definition) is 0. The molecular weight excluding hydrogens is 204 g/mol. The Morgan fingerprint density at radius 2 is 2.06 bits per heavy atom. The summed E-state index contributed by atoms with van der Waals surface area (Å²) in [6, 6.07) is 9.32. The molecule has 2 nitrogen and oxygen atoms in total. The molecule has 1 aromatic heterocycles. The van der Waals surface area contributed by atoms with Crippen LogP contribution < -0.4 is 5.46 Å². The van der Waals surface area contributed by atoms with E-state index >= 15 is 0 Å². The summed E-state index contributed by atoms with van der Waals surface area (Å²) in [5.74, 6) is -1.19. The third kappa shape index (κ3) is 2.01. The van der Waals surface area contributed by atoms with Crippen molar-refractivity contribution in [1.82, 2.24) is 4.98 Å². The summed E-state index contributed by atoms with van der Waals surface area (Å²) in [4.78, 5) is 15.3. The lowest BCUT2D eigenvalue weighted by Gasteiger charge is -2.02. The first kappa shape index (κ1) is 10.5. The van der Waals surface area contributed by atoms with Crippen LogP contribution in [0.1, 0.15) is 15.9 Å². The topological polar surface area (TPSA) is 30.0 Å². The van der Waals surface area contributed by atoms with Gasteiger partial charge in [-0.2, -0.15) is 4.39 Å². The van der Waals surface area contributed by atoms with Gasteiger partial charge in [0.25, 0.3) is 0 Å². The summed E-state index contributed by atoms with van der Waals surface area (Å²) in [5, 5.41) is 0. The van der Waals surface area contributed by atoms with E-state index in [4.69, 9.17) is 7.85 Å². The molecule has 16 heavy (non-hydrogen) atoms. The number of aromatic nitrogens is 1. The Morgan fingerprint density at radius 3 is 2.75 bits per heavy atom. The summed E-state index contributed by atoms with van der Waals surface area (Å²) in [5.41, 5.74) is 0.773. The molecule has 0 saturated carbocycles. The van der Waals surface area contributed by atoms with Gasteiger partial charge >= 0.3 is 0 Å². The van der Waals surface area contributed by atoms with E-state index in [0.717, 1.165) is 0 Å². The van der Waals surface area contributed by atoms with E-state index in [2.05, 4.69) is 4.98 Å². The van der Waals surface area contributed by atoms with Gasteiger partial charge in [-0.1, -0.05) is 29.7 Å². The van der Waals surface area contributed by atoms with E-state index in [1.165, 1.54) is 24.4 Å². The Hall–Kier alpha value is -1.97. The molecule has 0 saturated heterocycles. The number of ketones is 1. The lowest BCUT2D eigenvalue weighted by atomic mass is 9.92. The van der Waals surface area contributed by atoms with E-state index in [1.807, 2.05) is 0 Å². The predicted molar refractivity (Wildman–Crippen MR) is 59.5 cm³/mol. The average molecular weight is 211 g/mol. The minimum absolute atomic E-state index is 0.0481. The molecular formula is C12H7BFNO. The third-order valence-electron chi connectivity index (χ3n) is 2.15. The van der Waals surface area contributed by atoms with Crippen LogP contribution in [0.3, 0.4) is 0 Å². The fraction of sp³-hybridized carbons (Fsp3) is 0. The third-order valence-corrected chi connectivity index (χ3v) is 2.15. The maximum atomic E-state index is 13.3. The molecule has 0 fully saturated rings. The van der Waals surface area contributed by atoms with Crippen LogP contribution >= 0.6 is 0 Å². The number of halogens is 1. The van der Waals surface area contributed by atoms with Crippen LogP contribution in [-0.2, 0) is 0 Å². The molecule has 0 atom stereocenters. The standard InChI is InChI=1S/C12H7BFNO/c13-9-4-1-3-8(7-9)11(16)10-5-2-6-15-12(10)14/h1-7H. The number of hydrogen-bond acceptors (Lipinski definition) is 2. The molecule has 2 aromatic rings. The highest BCUT2D eigenvalue weighted by Crippen LogP contribution is 2.10. The van der Waals surface area contributed by atoms with Gasteiger partial charge in [0, 0.05) is 11.8 Å². The van der Waals surface area contributed by atoms with Gasteiger partial charge in [0.05, 0.1) is 5.56 Å². The van der Waals surface area contributed by atoms with Crippen LogP contribution in [0, 0.1) is 5.95 Å². The van der Waals surface area contributed by atoms with Crippen molar-refractivity contribution in [2.45, 2.75) is 0 Å². The Labute approximate surface area is 93.6 Å². The van der Waals surface area contributed by atoms with E-state index in [-0.39, 0.29) is 5.56 Å². The zero-order valence-electron chi connectivity index (χ0n) is 8.35. The van der Waals surface area contributed by atoms with Crippen molar-refractivity contribution in [3.8, 4) is 0 Å². The van der Waals surface area contributed by atoms with Crippen molar-refractivity contribution < 1.29 is 9.18 Å². The van der Waals surface area contributed by atoms with Crippen LogP contribution in [0.15, 0.2) is 42.6 Å². The van der Waals surface area contributed by atoms with Crippen molar-refractivity contribution in [2.75, 3.05) is 0 Å². The van der Waals surface area contributed by atoms with Crippen molar-refractivity contribution >= 4 is 19.1 Å². The smallest absolute Gasteiger partial charge is 0.224 e. The zero-order chi connectivity index (χ0) is 11.5.